The number of aromatic nitrogens is 1. The predicted octanol–water partition coefficient (Wildman–Crippen LogP) is 5.25. The molecule has 1 saturated heterocycles. The second-order valence-corrected chi connectivity index (χ2v) is 7.68. The Morgan fingerprint density at radius 3 is 2.55 bits per heavy atom. The molecule has 2 aromatic rings. The molecule has 1 aliphatic rings. The Labute approximate surface area is 215 Å². The molecule has 2 heterocycles. The van der Waals surface area contributed by atoms with Crippen molar-refractivity contribution in [2.75, 3.05) is 32.8 Å². The van der Waals surface area contributed by atoms with E-state index in [1.165, 1.54) is 0 Å². The van der Waals surface area contributed by atoms with Gasteiger partial charge >= 0.3 is 0 Å². The summed E-state index contributed by atoms with van der Waals surface area (Å²) in [5.74, 6) is 2.85. The largest absolute Gasteiger partial charge is 0.490 e. The molecule has 0 saturated carbocycles. The highest BCUT2D eigenvalue weighted by atomic mass is 127. The Kier molecular flexibility index (Phi) is 12.3. The van der Waals surface area contributed by atoms with Crippen LogP contribution in [0, 0.1) is 0 Å². The summed E-state index contributed by atoms with van der Waals surface area (Å²) in [6.45, 7) is 10.8. The van der Waals surface area contributed by atoms with Crippen LogP contribution in [-0.2, 0) is 11.3 Å². The number of para-hydroxylation sites is 2. The van der Waals surface area contributed by atoms with Crippen molar-refractivity contribution in [3.05, 3.63) is 48.2 Å². The van der Waals surface area contributed by atoms with Gasteiger partial charge in [0.1, 0.15) is 0 Å². The highest BCUT2D eigenvalue weighted by molar-refractivity contribution is 14.0. The van der Waals surface area contributed by atoms with E-state index in [4.69, 9.17) is 19.2 Å². The van der Waals surface area contributed by atoms with Gasteiger partial charge in [-0.15, -0.1) is 24.0 Å². The third-order valence-corrected chi connectivity index (χ3v) is 5.25. The summed E-state index contributed by atoms with van der Waals surface area (Å²) in [6.07, 6.45) is 5.07. The third kappa shape index (κ3) is 8.33. The fourth-order valence-electron chi connectivity index (χ4n) is 3.66. The minimum absolute atomic E-state index is 0. The lowest BCUT2D eigenvalue weighted by atomic mass is 10.1. The molecule has 1 N–H and O–H groups in total. The fraction of sp³-hybridized carbons (Fsp3) is 0.520. The molecular weight excluding hydrogens is 531 g/mol. The van der Waals surface area contributed by atoms with Crippen molar-refractivity contribution in [3.8, 4) is 17.4 Å². The Hall–Kier alpha value is -2.07. The highest BCUT2D eigenvalue weighted by Gasteiger charge is 2.21. The van der Waals surface area contributed by atoms with Crippen molar-refractivity contribution < 1.29 is 14.2 Å². The normalized spacial score (nSPS) is 14.5. The summed E-state index contributed by atoms with van der Waals surface area (Å²) in [5, 5.41) is 3.42. The lowest BCUT2D eigenvalue weighted by Crippen LogP contribution is -2.47. The van der Waals surface area contributed by atoms with E-state index in [-0.39, 0.29) is 24.0 Å². The maximum atomic E-state index is 6.16. The number of nitrogens with zero attached hydrogens (tertiary/aromatic N) is 3. The van der Waals surface area contributed by atoms with Crippen LogP contribution in [0.25, 0.3) is 0 Å². The summed E-state index contributed by atoms with van der Waals surface area (Å²) >= 11 is 0. The molecule has 7 nitrogen and oxygen atoms in total. The lowest BCUT2D eigenvalue weighted by Gasteiger charge is -2.34. The van der Waals surface area contributed by atoms with Crippen LogP contribution in [0.2, 0.25) is 0 Å². The van der Waals surface area contributed by atoms with Gasteiger partial charge in [-0.2, -0.15) is 0 Å². The molecule has 0 radical (unpaired) electrons. The number of piperidine rings is 1. The minimum Gasteiger partial charge on any atom is -0.490 e. The fourth-order valence-corrected chi connectivity index (χ4v) is 3.66. The average molecular weight is 569 g/mol. The van der Waals surface area contributed by atoms with Gasteiger partial charge in [0.05, 0.1) is 19.3 Å². The average Bonchev–Trinajstić information content (AvgIpc) is 2.83. The third-order valence-electron chi connectivity index (χ3n) is 5.25. The van der Waals surface area contributed by atoms with Crippen LogP contribution in [-0.4, -0.2) is 54.8 Å². The summed E-state index contributed by atoms with van der Waals surface area (Å²) in [6, 6.07) is 11.6. The van der Waals surface area contributed by atoms with Crippen molar-refractivity contribution in [1.29, 1.82) is 0 Å². The monoisotopic (exact) mass is 568 g/mol. The van der Waals surface area contributed by atoms with Gasteiger partial charge in [0.25, 0.3) is 0 Å². The molecule has 182 valence electrons. The summed E-state index contributed by atoms with van der Waals surface area (Å²) in [4.78, 5) is 11.7. The van der Waals surface area contributed by atoms with Gasteiger partial charge < -0.3 is 24.4 Å². The molecule has 0 aliphatic carbocycles. The van der Waals surface area contributed by atoms with Crippen molar-refractivity contribution in [2.24, 2.45) is 4.99 Å². The van der Waals surface area contributed by atoms with Crippen molar-refractivity contribution in [1.82, 2.24) is 15.2 Å². The predicted molar refractivity (Wildman–Crippen MR) is 143 cm³/mol. The molecule has 1 aromatic carbocycles. The number of ether oxygens (including phenoxy) is 3. The van der Waals surface area contributed by atoms with Gasteiger partial charge in [-0.05, 0) is 51.3 Å². The van der Waals surface area contributed by atoms with E-state index in [1.54, 1.807) is 6.20 Å². The van der Waals surface area contributed by atoms with Crippen LogP contribution in [0.5, 0.6) is 17.4 Å². The van der Waals surface area contributed by atoms with Crippen molar-refractivity contribution in [2.45, 2.75) is 52.7 Å². The van der Waals surface area contributed by atoms with Crippen molar-refractivity contribution in [3.63, 3.8) is 0 Å². The maximum Gasteiger partial charge on any atom is 0.224 e. The second kappa shape index (κ2) is 15.0. The first-order chi connectivity index (χ1) is 15.7. The molecule has 8 heteroatoms. The molecule has 1 aromatic heterocycles. The van der Waals surface area contributed by atoms with E-state index >= 15 is 0 Å². The first-order valence-electron chi connectivity index (χ1n) is 11.7. The van der Waals surface area contributed by atoms with Gasteiger partial charge in [0.15, 0.2) is 17.5 Å². The molecule has 0 bridgehead atoms. The number of hydrogen-bond donors (Lipinski definition) is 1. The number of rotatable bonds is 10. The highest BCUT2D eigenvalue weighted by Crippen LogP contribution is 2.32. The van der Waals surface area contributed by atoms with Gasteiger partial charge in [0.2, 0.25) is 5.88 Å². The molecule has 0 amide bonds. The number of benzene rings is 1. The molecule has 0 atom stereocenters. The molecule has 3 rings (SSSR count). The van der Waals surface area contributed by atoms with Crippen LogP contribution in [0.15, 0.2) is 47.6 Å². The van der Waals surface area contributed by atoms with Gasteiger partial charge in [-0.3, -0.25) is 0 Å². The zero-order valence-electron chi connectivity index (χ0n) is 20.0. The second-order valence-electron chi connectivity index (χ2n) is 7.68. The van der Waals surface area contributed by atoms with Gasteiger partial charge in [-0.25, -0.2) is 9.98 Å². The Morgan fingerprint density at radius 2 is 1.85 bits per heavy atom. The van der Waals surface area contributed by atoms with Crippen molar-refractivity contribution >= 4 is 29.9 Å². The van der Waals surface area contributed by atoms with Crippen LogP contribution in [0.4, 0.5) is 0 Å². The Morgan fingerprint density at radius 1 is 1.09 bits per heavy atom. The number of likely N-dealkylation sites (tertiary alicyclic amines) is 1. The van der Waals surface area contributed by atoms with E-state index in [2.05, 4.69) is 36.0 Å². The number of nitrogens with one attached hydrogen (secondary N) is 1. The molecule has 1 fully saturated rings. The molecular formula is C25H37IN4O3. The van der Waals surface area contributed by atoms with E-state index in [9.17, 15) is 0 Å². The maximum absolute atomic E-state index is 6.16. The topological polar surface area (TPSA) is 68.2 Å². The zero-order valence-corrected chi connectivity index (χ0v) is 22.3. The van der Waals surface area contributed by atoms with Crippen LogP contribution in [0.1, 0.15) is 45.6 Å². The first kappa shape index (κ1) is 27.2. The van der Waals surface area contributed by atoms with Crippen LogP contribution >= 0.6 is 24.0 Å². The summed E-state index contributed by atoms with van der Waals surface area (Å²) < 4.78 is 17.8. The van der Waals surface area contributed by atoms with E-state index in [0.29, 0.717) is 30.9 Å². The van der Waals surface area contributed by atoms with E-state index in [1.807, 2.05) is 36.4 Å². The van der Waals surface area contributed by atoms with E-state index in [0.717, 1.165) is 62.8 Å². The quantitative estimate of drug-likeness (QED) is 0.240. The standard InChI is InChI=1S/C25H36N4O3.HI/c1-4-18-31-22-11-7-8-12-23(22)32-24-20(10-9-15-27-24)19-28-25(26-5-2)29-16-13-21(14-17-29)30-6-3;/h7-12,15,21H,4-6,13-14,16-19H2,1-3H3,(H,26,28);1H. The lowest BCUT2D eigenvalue weighted by molar-refractivity contribution is 0.0263. The number of guanidine groups is 1. The van der Waals surface area contributed by atoms with Crippen LogP contribution in [0.3, 0.4) is 0 Å². The number of hydrogen-bond acceptors (Lipinski definition) is 5. The molecule has 0 spiro atoms. The Balaban J connectivity index is 0.00000385. The number of pyridine rings is 1. The van der Waals surface area contributed by atoms with Gasteiger partial charge in [-0.1, -0.05) is 25.1 Å². The van der Waals surface area contributed by atoms with Gasteiger partial charge in [0, 0.05) is 38.0 Å². The van der Waals surface area contributed by atoms with E-state index < -0.39 is 0 Å². The smallest absolute Gasteiger partial charge is 0.224 e. The number of halogens is 1. The first-order valence-corrected chi connectivity index (χ1v) is 11.7. The Bertz CT molecular complexity index is 857. The summed E-state index contributed by atoms with van der Waals surface area (Å²) in [5.41, 5.74) is 0.928. The molecule has 1 aliphatic heterocycles. The zero-order chi connectivity index (χ0) is 22.6. The summed E-state index contributed by atoms with van der Waals surface area (Å²) in [7, 11) is 0. The molecule has 0 unspecified atom stereocenters. The SMILES string of the molecule is CCCOc1ccccc1Oc1ncccc1CN=C(NCC)N1CCC(OCC)CC1.I. The minimum atomic E-state index is 0. The molecule has 33 heavy (non-hydrogen) atoms. The number of aliphatic imine (C=N–C) groups is 1. The van der Waals surface area contributed by atoms with Crippen LogP contribution < -0.4 is 14.8 Å².